The van der Waals surface area contributed by atoms with Gasteiger partial charge < -0.3 is 14.4 Å². The van der Waals surface area contributed by atoms with Gasteiger partial charge in [-0.3, -0.25) is 9.59 Å². The zero-order valence-electron chi connectivity index (χ0n) is 24.7. The van der Waals surface area contributed by atoms with Crippen molar-refractivity contribution >= 4 is 35.1 Å². The zero-order chi connectivity index (χ0) is 30.7. The molecule has 0 aromatic heterocycles. The highest BCUT2D eigenvalue weighted by Crippen LogP contribution is 2.29. The number of ketones is 2. The van der Waals surface area contributed by atoms with Gasteiger partial charge >= 0.3 is 0 Å². The summed E-state index contributed by atoms with van der Waals surface area (Å²) in [6.45, 7) is 0.678. The molecule has 0 unspecified atom stereocenters. The molecule has 0 bridgehead atoms. The van der Waals surface area contributed by atoms with Gasteiger partial charge in [-0.25, -0.2) is 0 Å². The summed E-state index contributed by atoms with van der Waals surface area (Å²) in [6.07, 6.45) is 6.83. The second kappa shape index (κ2) is 14.5. The normalized spacial score (nSPS) is 11.0. The molecule has 0 N–H and O–H groups in total. The van der Waals surface area contributed by atoms with E-state index in [2.05, 4.69) is 41.3 Å². The van der Waals surface area contributed by atoms with Crippen molar-refractivity contribution in [3.63, 3.8) is 0 Å². The van der Waals surface area contributed by atoms with E-state index >= 15 is 0 Å². The predicted octanol–water partition coefficient (Wildman–Crippen LogP) is 8.83. The van der Waals surface area contributed by atoms with E-state index in [9.17, 15) is 9.59 Å². The van der Waals surface area contributed by atoms with Gasteiger partial charge in [-0.05, 0) is 102 Å². The van der Waals surface area contributed by atoms with Crippen LogP contribution in [0.5, 0.6) is 11.5 Å². The molecule has 218 valence electrons. The highest BCUT2D eigenvalue weighted by Gasteiger charge is 2.11. The molecule has 0 aliphatic carbocycles. The molecule has 5 aromatic rings. The number of benzene rings is 5. The smallest absolute Gasteiger partial charge is 0.185 e. The molecule has 0 saturated heterocycles. The van der Waals surface area contributed by atoms with Crippen LogP contribution in [-0.4, -0.2) is 25.8 Å². The van der Waals surface area contributed by atoms with Crippen LogP contribution in [0.2, 0.25) is 0 Å². The van der Waals surface area contributed by atoms with Gasteiger partial charge in [0.1, 0.15) is 11.5 Å². The number of rotatable bonds is 12. The minimum absolute atomic E-state index is 0.0673. The summed E-state index contributed by atoms with van der Waals surface area (Å²) in [5.41, 5.74) is 6.29. The maximum atomic E-state index is 12.6. The van der Waals surface area contributed by atoms with Crippen molar-refractivity contribution in [3.8, 4) is 11.5 Å². The van der Waals surface area contributed by atoms with Gasteiger partial charge in [0.15, 0.2) is 11.6 Å². The first-order valence-electron chi connectivity index (χ1n) is 14.3. The lowest BCUT2D eigenvalue weighted by atomic mass is 10.1. The van der Waals surface area contributed by atoms with Crippen molar-refractivity contribution in [3.05, 3.63) is 167 Å². The van der Waals surface area contributed by atoms with Crippen molar-refractivity contribution in [1.29, 1.82) is 0 Å². The standard InChI is InChI=1S/C39H33NO4/c1-43-36-22-14-32(15-23-36)38(41)26-12-29-8-18-34(19-9-29)40(28-31-6-4-3-5-7-31)35-20-10-30(11-21-35)13-27-39(42)33-16-24-37(44-2)25-17-33/h3-27H,28H2,1-2H3. The third-order valence-corrected chi connectivity index (χ3v) is 7.20. The molecule has 0 atom stereocenters. The van der Waals surface area contributed by atoms with E-state index < -0.39 is 0 Å². The number of nitrogens with zero attached hydrogens (tertiary/aromatic N) is 1. The van der Waals surface area contributed by atoms with E-state index in [1.165, 1.54) is 5.56 Å². The fourth-order valence-corrected chi connectivity index (χ4v) is 4.68. The Bertz CT molecular complexity index is 1620. The molecule has 44 heavy (non-hydrogen) atoms. The molecule has 5 rings (SSSR count). The Balaban J connectivity index is 1.32. The van der Waals surface area contributed by atoms with Gasteiger partial charge in [-0.1, -0.05) is 66.7 Å². The summed E-state index contributed by atoms with van der Waals surface area (Å²) in [5.74, 6) is 1.30. The second-order valence-corrected chi connectivity index (χ2v) is 10.1. The number of carbonyl (C=O) groups excluding carboxylic acids is 2. The molecule has 0 aliphatic rings. The van der Waals surface area contributed by atoms with Gasteiger partial charge in [0, 0.05) is 29.0 Å². The Hall–Kier alpha value is -5.68. The first-order valence-corrected chi connectivity index (χ1v) is 14.3. The summed E-state index contributed by atoms with van der Waals surface area (Å²) in [7, 11) is 3.20. The van der Waals surface area contributed by atoms with Crippen molar-refractivity contribution in [2.75, 3.05) is 19.1 Å². The number of hydrogen-bond acceptors (Lipinski definition) is 5. The number of allylic oxidation sites excluding steroid dienone is 2. The molecule has 5 nitrogen and oxygen atoms in total. The third kappa shape index (κ3) is 7.78. The average molecular weight is 580 g/mol. The highest BCUT2D eigenvalue weighted by atomic mass is 16.5. The van der Waals surface area contributed by atoms with Gasteiger partial charge in [0.2, 0.25) is 0 Å². The molecule has 5 heteroatoms. The Morgan fingerprint density at radius 2 is 0.955 bits per heavy atom. The lowest BCUT2D eigenvalue weighted by Crippen LogP contribution is -2.16. The number of ether oxygens (including phenoxy) is 2. The summed E-state index contributed by atoms with van der Waals surface area (Å²) < 4.78 is 10.3. The minimum atomic E-state index is -0.0673. The maximum absolute atomic E-state index is 12.6. The van der Waals surface area contributed by atoms with Crippen LogP contribution in [0, 0.1) is 0 Å². The molecule has 0 radical (unpaired) electrons. The predicted molar refractivity (Wildman–Crippen MR) is 178 cm³/mol. The van der Waals surface area contributed by atoms with E-state index in [0.717, 1.165) is 22.5 Å². The molecule has 0 fully saturated rings. The van der Waals surface area contributed by atoms with Crippen molar-refractivity contribution < 1.29 is 19.1 Å². The first-order chi connectivity index (χ1) is 21.5. The lowest BCUT2D eigenvalue weighted by Gasteiger charge is -2.25. The maximum Gasteiger partial charge on any atom is 0.185 e. The number of hydrogen-bond donors (Lipinski definition) is 0. The van der Waals surface area contributed by atoms with Crippen LogP contribution in [0.25, 0.3) is 12.2 Å². The zero-order valence-corrected chi connectivity index (χ0v) is 24.7. The molecule has 5 aromatic carbocycles. The average Bonchev–Trinajstić information content (AvgIpc) is 3.09. The van der Waals surface area contributed by atoms with E-state index in [-0.39, 0.29) is 11.6 Å². The summed E-state index contributed by atoms with van der Waals surface area (Å²) >= 11 is 0. The number of carbonyl (C=O) groups is 2. The highest BCUT2D eigenvalue weighted by molar-refractivity contribution is 6.07. The lowest BCUT2D eigenvalue weighted by molar-refractivity contribution is 0.103. The molecular formula is C39H33NO4. The molecule has 0 amide bonds. The summed E-state index contributed by atoms with van der Waals surface area (Å²) in [5, 5.41) is 0. The summed E-state index contributed by atoms with van der Waals surface area (Å²) in [4.78, 5) is 27.5. The van der Waals surface area contributed by atoms with Crippen molar-refractivity contribution in [1.82, 2.24) is 0 Å². The van der Waals surface area contributed by atoms with Crippen molar-refractivity contribution in [2.24, 2.45) is 0 Å². The fraction of sp³-hybridized carbons (Fsp3) is 0.0769. The van der Waals surface area contributed by atoms with Gasteiger partial charge in [-0.15, -0.1) is 0 Å². The second-order valence-electron chi connectivity index (χ2n) is 10.1. The van der Waals surface area contributed by atoms with E-state index in [1.54, 1.807) is 74.9 Å². The Morgan fingerprint density at radius 3 is 1.34 bits per heavy atom. The van der Waals surface area contributed by atoms with E-state index in [4.69, 9.17) is 9.47 Å². The first kappa shape index (κ1) is 29.8. The fourth-order valence-electron chi connectivity index (χ4n) is 4.68. The van der Waals surface area contributed by atoms with Crippen LogP contribution in [0.15, 0.2) is 140 Å². The molecule has 0 heterocycles. The van der Waals surface area contributed by atoms with E-state index in [1.807, 2.05) is 54.6 Å². The number of methoxy groups -OCH3 is 2. The molecule has 0 spiro atoms. The quantitative estimate of drug-likeness (QED) is 0.109. The largest absolute Gasteiger partial charge is 0.497 e. The molecular weight excluding hydrogens is 546 g/mol. The Kier molecular flexibility index (Phi) is 9.80. The van der Waals surface area contributed by atoms with E-state index in [0.29, 0.717) is 29.2 Å². The minimum Gasteiger partial charge on any atom is -0.497 e. The summed E-state index contributed by atoms with van der Waals surface area (Å²) in [6, 6.07) is 40.7. The molecule has 0 saturated carbocycles. The molecule has 0 aliphatic heterocycles. The van der Waals surface area contributed by atoms with Gasteiger partial charge in [0.05, 0.1) is 14.2 Å². The topological polar surface area (TPSA) is 55.8 Å². The monoisotopic (exact) mass is 579 g/mol. The van der Waals surface area contributed by atoms with Gasteiger partial charge in [-0.2, -0.15) is 0 Å². The van der Waals surface area contributed by atoms with Crippen LogP contribution in [-0.2, 0) is 6.54 Å². The van der Waals surface area contributed by atoms with Crippen molar-refractivity contribution in [2.45, 2.75) is 6.54 Å². The SMILES string of the molecule is COc1ccc(C(=O)C=Cc2ccc(N(Cc3ccccc3)c3ccc(C=CC(=O)c4ccc(OC)cc4)cc3)cc2)cc1. The number of anilines is 2. The third-order valence-electron chi connectivity index (χ3n) is 7.20. The Morgan fingerprint density at radius 1 is 0.545 bits per heavy atom. The van der Waals surface area contributed by atoms with Gasteiger partial charge in [0.25, 0.3) is 0 Å². The Labute approximate surface area is 258 Å². The van der Waals surface area contributed by atoms with Crippen LogP contribution in [0.3, 0.4) is 0 Å². The van der Waals surface area contributed by atoms with Crippen LogP contribution in [0.4, 0.5) is 11.4 Å². The van der Waals surface area contributed by atoms with Crippen LogP contribution in [0.1, 0.15) is 37.4 Å². The van der Waals surface area contributed by atoms with Crippen LogP contribution < -0.4 is 14.4 Å². The van der Waals surface area contributed by atoms with Crippen LogP contribution >= 0.6 is 0 Å².